The van der Waals surface area contributed by atoms with Crippen molar-refractivity contribution in [2.45, 2.75) is 39.2 Å². The van der Waals surface area contributed by atoms with Crippen LogP contribution in [0.25, 0.3) is 0 Å². The fraction of sp³-hybridized carbons (Fsp3) is 0.700. The third-order valence-electron chi connectivity index (χ3n) is 2.66. The first-order valence-electron chi connectivity index (χ1n) is 4.40. The van der Waals surface area contributed by atoms with Crippen LogP contribution in [0.5, 0.6) is 0 Å². The van der Waals surface area contributed by atoms with E-state index >= 15 is 0 Å². The first kappa shape index (κ1) is 11.4. The first-order valence-corrected chi connectivity index (χ1v) is 4.40. The van der Waals surface area contributed by atoms with E-state index in [0.717, 1.165) is 0 Å². The Morgan fingerprint density at radius 1 is 1.58 bits per heavy atom. The van der Waals surface area contributed by atoms with Gasteiger partial charge in [-0.05, 0) is 18.9 Å². The second-order valence-electron chi connectivity index (χ2n) is 3.14. The zero-order valence-electron chi connectivity index (χ0n) is 8.13. The number of allylic oxidation sites excluding steroid dienone is 1. The molecule has 2 heteroatoms. The zero-order chi connectivity index (χ0) is 9.78. The molecule has 0 saturated heterocycles. The number of hydrogen-bond donors (Lipinski definition) is 1. The lowest BCUT2D eigenvalue weighted by Gasteiger charge is -2.30. The summed E-state index contributed by atoms with van der Waals surface area (Å²) in [6, 6.07) is 0. The van der Waals surface area contributed by atoms with Gasteiger partial charge in [-0.3, -0.25) is 4.79 Å². The zero-order valence-corrected chi connectivity index (χ0v) is 8.13. The Labute approximate surface area is 74.3 Å². The van der Waals surface area contributed by atoms with Gasteiger partial charge in [0.15, 0.2) is 5.78 Å². The van der Waals surface area contributed by atoms with Gasteiger partial charge in [0.2, 0.25) is 0 Å². The highest BCUT2D eigenvalue weighted by molar-refractivity contribution is 5.91. The molecule has 1 atom stereocenters. The molecule has 70 valence electrons. The molecule has 12 heavy (non-hydrogen) atoms. The van der Waals surface area contributed by atoms with Gasteiger partial charge in [0, 0.05) is 5.92 Å². The summed E-state index contributed by atoms with van der Waals surface area (Å²) in [5, 5.41) is 9.93. The van der Waals surface area contributed by atoms with E-state index in [0.29, 0.717) is 12.8 Å². The molecule has 0 fully saturated rings. The van der Waals surface area contributed by atoms with Gasteiger partial charge in [0.05, 0.1) is 5.60 Å². The second-order valence-corrected chi connectivity index (χ2v) is 3.14. The van der Waals surface area contributed by atoms with Gasteiger partial charge in [-0.2, -0.15) is 0 Å². The van der Waals surface area contributed by atoms with Crippen molar-refractivity contribution in [1.82, 2.24) is 0 Å². The summed E-state index contributed by atoms with van der Waals surface area (Å²) in [4.78, 5) is 11.2. The van der Waals surface area contributed by atoms with Crippen molar-refractivity contribution in [3.8, 4) is 0 Å². The average Bonchev–Trinajstić information content (AvgIpc) is 2.14. The third-order valence-corrected chi connectivity index (χ3v) is 2.66. The molecule has 0 spiro atoms. The van der Waals surface area contributed by atoms with Crippen molar-refractivity contribution in [3.05, 3.63) is 12.7 Å². The number of aliphatic hydroxyl groups is 1. The Kier molecular flexibility index (Phi) is 4.18. The lowest BCUT2D eigenvalue weighted by atomic mass is 9.81. The van der Waals surface area contributed by atoms with E-state index < -0.39 is 5.60 Å². The van der Waals surface area contributed by atoms with Crippen molar-refractivity contribution in [3.63, 3.8) is 0 Å². The second kappa shape index (κ2) is 4.41. The molecule has 0 saturated carbocycles. The summed E-state index contributed by atoms with van der Waals surface area (Å²) in [7, 11) is 0. The topological polar surface area (TPSA) is 37.3 Å². The standard InChI is InChI=1S/C10H18O2/c1-5-9(11)8(4)10(12,6-2)7-3/h5,8,12H,1,6-7H2,2-4H3. The van der Waals surface area contributed by atoms with Crippen molar-refractivity contribution < 1.29 is 9.90 Å². The molecule has 1 unspecified atom stereocenters. The quantitative estimate of drug-likeness (QED) is 0.640. The summed E-state index contributed by atoms with van der Waals surface area (Å²) in [6.45, 7) is 8.92. The van der Waals surface area contributed by atoms with Crippen molar-refractivity contribution in [2.24, 2.45) is 5.92 Å². The SMILES string of the molecule is C=CC(=O)C(C)C(O)(CC)CC. The molecule has 0 bridgehead atoms. The highest BCUT2D eigenvalue weighted by Gasteiger charge is 2.33. The van der Waals surface area contributed by atoms with Gasteiger partial charge < -0.3 is 5.11 Å². The smallest absolute Gasteiger partial charge is 0.160 e. The summed E-state index contributed by atoms with van der Waals surface area (Å²) >= 11 is 0. The van der Waals surface area contributed by atoms with Gasteiger partial charge >= 0.3 is 0 Å². The number of rotatable bonds is 5. The van der Waals surface area contributed by atoms with E-state index in [2.05, 4.69) is 6.58 Å². The van der Waals surface area contributed by atoms with Crippen molar-refractivity contribution in [2.75, 3.05) is 0 Å². The summed E-state index contributed by atoms with van der Waals surface area (Å²) in [6.07, 6.45) is 2.48. The predicted molar refractivity (Wildman–Crippen MR) is 49.9 cm³/mol. The van der Waals surface area contributed by atoms with Crippen LogP contribution in [0.3, 0.4) is 0 Å². The summed E-state index contributed by atoms with van der Waals surface area (Å²) < 4.78 is 0. The van der Waals surface area contributed by atoms with Crippen LogP contribution >= 0.6 is 0 Å². The Hall–Kier alpha value is -0.630. The van der Waals surface area contributed by atoms with Crippen LogP contribution in [-0.2, 0) is 4.79 Å². The minimum Gasteiger partial charge on any atom is -0.389 e. The minimum absolute atomic E-state index is 0.0822. The van der Waals surface area contributed by atoms with Gasteiger partial charge in [-0.1, -0.05) is 27.4 Å². The Balaban J connectivity index is 4.51. The van der Waals surface area contributed by atoms with E-state index in [-0.39, 0.29) is 11.7 Å². The molecule has 0 rings (SSSR count). The molecule has 0 aliphatic rings. The largest absolute Gasteiger partial charge is 0.389 e. The lowest BCUT2D eigenvalue weighted by Crippen LogP contribution is -2.38. The normalized spacial score (nSPS) is 14.0. The molecule has 0 radical (unpaired) electrons. The monoisotopic (exact) mass is 170 g/mol. The summed E-state index contributed by atoms with van der Waals surface area (Å²) in [5.41, 5.74) is -0.856. The van der Waals surface area contributed by atoms with E-state index in [1.54, 1.807) is 6.92 Å². The van der Waals surface area contributed by atoms with Gasteiger partial charge in [0.1, 0.15) is 0 Å². The molecule has 0 aliphatic heterocycles. The van der Waals surface area contributed by atoms with Crippen LogP contribution in [0.4, 0.5) is 0 Å². The number of carbonyl (C=O) groups excluding carboxylic acids is 1. The maximum absolute atomic E-state index is 11.2. The Morgan fingerprint density at radius 3 is 2.25 bits per heavy atom. The van der Waals surface area contributed by atoms with Gasteiger partial charge in [0.25, 0.3) is 0 Å². The van der Waals surface area contributed by atoms with Crippen LogP contribution < -0.4 is 0 Å². The molecule has 0 aromatic heterocycles. The molecule has 0 aliphatic carbocycles. The molecular formula is C10H18O2. The maximum atomic E-state index is 11.2. The van der Waals surface area contributed by atoms with E-state index in [1.807, 2.05) is 13.8 Å². The van der Waals surface area contributed by atoms with Gasteiger partial charge in [-0.15, -0.1) is 0 Å². The van der Waals surface area contributed by atoms with E-state index in [9.17, 15) is 9.90 Å². The first-order chi connectivity index (χ1) is 5.51. The number of hydrogen-bond acceptors (Lipinski definition) is 2. The van der Waals surface area contributed by atoms with Crippen LogP contribution in [0.15, 0.2) is 12.7 Å². The third kappa shape index (κ3) is 2.18. The van der Waals surface area contributed by atoms with E-state index in [1.165, 1.54) is 6.08 Å². The predicted octanol–water partition coefficient (Wildman–Crippen LogP) is 1.93. The molecule has 0 aromatic rings. The molecule has 0 amide bonds. The molecule has 0 aromatic carbocycles. The van der Waals surface area contributed by atoms with E-state index in [4.69, 9.17) is 0 Å². The Morgan fingerprint density at radius 2 is 2.00 bits per heavy atom. The van der Waals surface area contributed by atoms with Crippen LogP contribution in [-0.4, -0.2) is 16.5 Å². The van der Waals surface area contributed by atoms with Crippen molar-refractivity contribution >= 4 is 5.78 Å². The van der Waals surface area contributed by atoms with Crippen LogP contribution in [0, 0.1) is 5.92 Å². The molecule has 1 N–H and O–H groups in total. The number of ketones is 1. The number of carbonyl (C=O) groups is 1. The lowest BCUT2D eigenvalue weighted by molar-refractivity contribution is -0.127. The highest BCUT2D eigenvalue weighted by atomic mass is 16.3. The highest BCUT2D eigenvalue weighted by Crippen LogP contribution is 2.25. The molecule has 2 nitrogen and oxygen atoms in total. The molecular weight excluding hydrogens is 152 g/mol. The average molecular weight is 170 g/mol. The van der Waals surface area contributed by atoms with Crippen molar-refractivity contribution in [1.29, 1.82) is 0 Å². The van der Waals surface area contributed by atoms with Crippen LogP contribution in [0.2, 0.25) is 0 Å². The Bertz CT molecular complexity index is 169. The maximum Gasteiger partial charge on any atom is 0.160 e. The fourth-order valence-electron chi connectivity index (χ4n) is 1.30. The van der Waals surface area contributed by atoms with Crippen LogP contribution in [0.1, 0.15) is 33.6 Å². The fourth-order valence-corrected chi connectivity index (χ4v) is 1.30. The minimum atomic E-state index is -0.856. The summed E-state index contributed by atoms with van der Waals surface area (Å²) in [5.74, 6) is -0.425. The molecule has 0 heterocycles. The van der Waals surface area contributed by atoms with Gasteiger partial charge in [-0.25, -0.2) is 0 Å².